The molecule has 170 valence electrons. The van der Waals surface area contributed by atoms with Gasteiger partial charge in [-0.05, 0) is 49.2 Å². The number of carbonyl (C=O) groups is 2. The summed E-state index contributed by atoms with van der Waals surface area (Å²) in [5.41, 5.74) is 4.37. The van der Waals surface area contributed by atoms with Crippen LogP contribution in [0.25, 0.3) is 0 Å². The molecule has 0 aromatic heterocycles. The Morgan fingerprint density at radius 3 is 2.56 bits per heavy atom. The van der Waals surface area contributed by atoms with Gasteiger partial charge in [0.05, 0.1) is 11.4 Å². The predicted octanol–water partition coefficient (Wildman–Crippen LogP) is 5.11. The summed E-state index contributed by atoms with van der Waals surface area (Å²) in [6.45, 7) is 4.52. The van der Waals surface area contributed by atoms with Crippen molar-refractivity contribution in [3.63, 3.8) is 0 Å². The van der Waals surface area contributed by atoms with Crippen LogP contribution in [-0.2, 0) is 9.59 Å². The molecule has 2 amide bonds. The van der Waals surface area contributed by atoms with Gasteiger partial charge in [-0.2, -0.15) is 0 Å². The van der Waals surface area contributed by atoms with Crippen molar-refractivity contribution >= 4 is 46.0 Å². The van der Waals surface area contributed by atoms with Crippen LogP contribution in [0, 0.1) is 6.92 Å². The van der Waals surface area contributed by atoms with E-state index in [1.807, 2.05) is 92.7 Å². The Morgan fingerprint density at radius 1 is 1.03 bits per heavy atom. The molecule has 1 atom stereocenters. The molecule has 0 fully saturated rings. The van der Waals surface area contributed by atoms with E-state index < -0.39 is 6.04 Å². The number of anilines is 1. The zero-order valence-electron chi connectivity index (χ0n) is 19.0. The van der Waals surface area contributed by atoms with Crippen molar-refractivity contribution in [3.8, 4) is 0 Å². The molecule has 2 aliphatic rings. The van der Waals surface area contributed by atoms with Crippen LogP contribution >= 0.6 is 11.8 Å². The highest BCUT2D eigenvalue weighted by Crippen LogP contribution is 2.37. The van der Waals surface area contributed by atoms with Crippen LogP contribution in [0.5, 0.6) is 0 Å². The van der Waals surface area contributed by atoms with E-state index in [1.165, 1.54) is 11.8 Å². The predicted molar refractivity (Wildman–Crippen MR) is 138 cm³/mol. The first-order chi connectivity index (χ1) is 16.6. The van der Waals surface area contributed by atoms with Gasteiger partial charge in [0.1, 0.15) is 5.84 Å². The second kappa shape index (κ2) is 9.27. The molecule has 0 bridgehead atoms. The molecule has 0 unspecified atom stereocenters. The standard InChI is InChI=1S/C27H24N4O2S/c1-3-30(20-13-9-10-18(2)16-20)23(32)17-34-27-28-22-15-8-7-14-21(22)25-29-24(26(33)31(25)27)19-11-5-4-6-12-19/h4-16,24H,3,17H2,1-2H3/t24-/m0/s1. The van der Waals surface area contributed by atoms with Gasteiger partial charge in [-0.25, -0.2) is 14.9 Å². The topological polar surface area (TPSA) is 65.3 Å². The van der Waals surface area contributed by atoms with E-state index in [0.717, 1.165) is 28.1 Å². The molecule has 0 radical (unpaired) electrons. The molecule has 0 saturated heterocycles. The molecule has 0 spiro atoms. The Bertz CT molecular complexity index is 1320. The van der Waals surface area contributed by atoms with E-state index >= 15 is 0 Å². The summed E-state index contributed by atoms with van der Waals surface area (Å²) in [5, 5.41) is 0.481. The second-order valence-corrected chi connectivity index (χ2v) is 9.06. The van der Waals surface area contributed by atoms with Crippen molar-refractivity contribution in [2.24, 2.45) is 9.98 Å². The van der Waals surface area contributed by atoms with Gasteiger partial charge >= 0.3 is 0 Å². The van der Waals surface area contributed by atoms with Gasteiger partial charge in [-0.3, -0.25) is 9.59 Å². The minimum absolute atomic E-state index is 0.0376. The molecule has 0 aliphatic carbocycles. The van der Waals surface area contributed by atoms with Crippen molar-refractivity contribution in [1.29, 1.82) is 0 Å². The fraction of sp³-hybridized carbons (Fsp3) is 0.185. The maximum absolute atomic E-state index is 13.5. The van der Waals surface area contributed by atoms with E-state index in [9.17, 15) is 9.59 Å². The number of hydrogen-bond acceptors (Lipinski definition) is 5. The Balaban J connectivity index is 1.43. The highest BCUT2D eigenvalue weighted by molar-refractivity contribution is 8.14. The Labute approximate surface area is 203 Å². The van der Waals surface area contributed by atoms with Crippen LogP contribution in [0.1, 0.15) is 29.7 Å². The number of hydrogen-bond donors (Lipinski definition) is 0. The van der Waals surface area contributed by atoms with Crippen molar-refractivity contribution in [3.05, 3.63) is 95.6 Å². The maximum Gasteiger partial charge on any atom is 0.263 e. The minimum atomic E-state index is -0.622. The number of benzene rings is 3. The lowest BCUT2D eigenvalue weighted by molar-refractivity contribution is -0.124. The molecule has 2 heterocycles. The number of aliphatic imine (C=N–C) groups is 2. The van der Waals surface area contributed by atoms with Gasteiger partial charge < -0.3 is 4.90 Å². The first-order valence-corrected chi connectivity index (χ1v) is 12.2. The lowest BCUT2D eigenvalue weighted by Gasteiger charge is -2.26. The number of carbonyl (C=O) groups excluding carboxylic acids is 2. The number of thioether (sulfide) groups is 1. The first-order valence-electron chi connectivity index (χ1n) is 11.2. The van der Waals surface area contributed by atoms with Crippen molar-refractivity contribution < 1.29 is 9.59 Å². The summed E-state index contributed by atoms with van der Waals surface area (Å²) in [4.78, 5) is 39.5. The summed E-state index contributed by atoms with van der Waals surface area (Å²) >= 11 is 1.27. The normalized spacial score (nSPS) is 16.5. The third kappa shape index (κ3) is 4.03. The van der Waals surface area contributed by atoms with Crippen LogP contribution in [-0.4, -0.2) is 40.0 Å². The van der Waals surface area contributed by atoms with Crippen LogP contribution < -0.4 is 4.90 Å². The van der Waals surface area contributed by atoms with Crippen molar-refractivity contribution in [2.75, 3.05) is 17.2 Å². The summed E-state index contributed by atoms with van der Waals surface area (Å²) in [6.07, 6.45) is 0. The molecule has 7 heteroatoms. The molecule has 5 rings (SSSR count). The second-order valence-electron chi connectivity index (χ2n) is 8.12. The molecule has 0 saturated carbocycles. The fourth-order valence-corrected chi connectivity index (χ4v) is 5.08. The molecule has 3 aromatic rings. The molecular formula is C27H24N4O2S. The van der Waals surface area contributed by atoms with Crippen LogP contribution in [0.2, 0.25) is 0 Å². The lowest BCUT2D eigenvalue weighted by atomic mass is 10.1. The monoisotopic (exact) mass is 468 g/mol. The van der Waals surface area contributed by atoms with Gasteiger partial charge in [0.2, 0.25) is 5.91 Å². The quantitative estimate of drug-likeness (QED) is 0.523. The van der Waals surface area contributed by atoms with E-state index in [1.54, 1.807) is 9.80 Å². The number of para-hydroxylation sites is 1. The molecule has 3 aromatic carbocycles. The number of nitrogens with zero attached hydrogens (tertiary/aromatic N) is 4. The number of amides is 2. The molecular weight excluding hydrogens is 444 g/mol. The van der Waals surface area contributed by atoms with E-state index in [2.05, 4.69) is 0 Å². The van der Waals surface area contributed by atoms with Crippen LogP contribution in [0.15, 0.2) is 88.8 Å². The molecule has 6 nitrogen and oxygen atoms in total. The Morgan fingerprint density at radius 2 is 1.79 bits per heavy atom. The summed E-state index contributed by atoms with van der Waals surface area (Å²) in [7, 11) is 0. The third-order valence-corrected chi connectivity index (χ3v) is 6.76. The highest BCUT2D eigenvalue weighted by atomic mass is 32.2. The third-order valence-electron chi connectivity index (χ3n) is 5.84. The Hall–Kier alpha value is -3.71. The van der Waals surface area contributed by atoms with Crippen molar-refractivity contribution in [2.45, 2.75) is 19.9 Å². The van der Waals surface area contributed by atoms with Gasteiger partial charge in [0.25, 0.3) is 5.91 Å². The van der Waals surface area contributed by atoms with Crippen LogP contribution in [0.3, 0.4) is 0 Å². The molecule has 34 heavy (non-hydrogen) atoms. The smallest absolute Gasteiger partial charge is 0.263 e. The Kier molecular flexibility index (Phi) is 6.02. The number of fused-ring (bicyclic) bond motifs is 3. The van der Waals surface area contributed by atoms with E-state index in [4.69, 9.17) is 9.98 Å². The maximum atomic E-state index is 13.5. The average Bonchev–Trinajstić information content (AvgIpc) is 3.21. The van der Waals surface area contributed by atoms with Gasteiger partial charge in [0.15, 0.2) is 11.2 Å². The summed E-state index contributed by atoms with van der Waals surface area (Å²) in [6, 6.07) is 24.5. The largest absolute Gasteiger partial charge is 0.312 e. The zero-order valence-corrected chi connectivity index (χ0v) is 19.8. The summed E-state index contributed by atoms with van der Waals surface area (Å²) < 4.78 is 0. The highest BCUT2D eigenvalue weighted by Gasteiger charge is 2.42. The van der Waals surface area contributed by atoms with E-state index in [-0.39, 0.29) is 17.6 Å². The van der Waals surface area contributed by atoms with E-state index in [0.29, 0.717) is 17.5 Å². The fourth-order valence-electron chi connectivity index (χ4n) is 4.20. The molecule has 0 N–H and O–H groups in total. The number of rotatable bonds is 5. The van der Waals surface area contributed by atoms with Gasteiger partial charge in [-0.1, -0.05) is 66.4 Å². The number of amidine groups is 2. The first kappa shape index (κ1) is 22.1. The molecule has 2 aliphatic heterocycles. The average molecular weight is 469 g/mol. The minimum Gasteiger partial charge on any atom is -0.312 e. The number of aryl methyl sites for hydroxylation is 1. The van der Waals surface area contributed by atoms with Gasteiger partial charge in [0, 0.05) is 17.8 Å². The van der Waals surface area contributed by atoms with Gasteiger partial charge in [-0.15, -0.1) is 0 Å². The SMILES string of the molecule is CCN(C(=O)CSC1=Nc2ccccc2C2=N[C@@H](c3ccccc3)C(=O)N12)c1cccc(C)c1. The summed E-state index contributed by atoms with van der Waals surface area (Å²) in [5.74, 6) is 0.561. The van der Waals surface area contributed by atoms with Crippen LogP contribution in [0.4, 0.5) is 11.4 Å². The lowest BCUT2D eigenvalue weighted by Crippen LogP contribution is -2.41. The van der Waals surface area contributed by atoms with Crippen molar-refractivity contribution in [1.82, 2.24) is 4.90 Å². The zero-order chi connectivity index (χ0) is 23.7.